The molecule has 9 heteroatoms. The smallest absolute Gasteiger partial charge is 0.232 e. The number of hydrogen-bond donors (Lipinski definition) is 1. The molecule has 0 spiro atoms. The zero-order valence-corrected chi connectivity index (χ0v) is 20.0. The number of pyridine rings is 1. The topological polar surface area (TPSA) is 106 Å². The summed E-state index contributed by atoms with van der Waals surface area (Å²) in [5.74, 6) is 1.63. The number of nitrogens with zero attached hydrogens (tertiary/aromatic N) is 3. The van der Waals surface area contributed by atoms with Gasteiger partial charge in [0.15, 0.2) is 11.5 Å². The molecule has 1 aromatic carbocycles. The van der Waals surface area contributed by atoms with Gasteiger partial charge in [0.1, 0.15) is 36.5 Å². The van der Waals surface area contributed by atoms with Crippen molar-refractivity contribution in [1.29, 1.82) is 5.26 Å². The van der Waals surface area contributed by atoms with Crippen LogP contribution in [0.15, 0.2) is 30.5 Å². The van der Waals surface area contributed by atoms with Crippen LogP contribution in [0.3, 0.4) is 0 Å². The zero-order chi connectivity index (χ0) is 23.9. The van der Waals surface area contributed by atoms with Gasteiger partial charge in [-0.05, 0) is 49.9 Å². The highest BCUT2D eigenvalue weighted by Crippen LogP contribution is 2.37. The first-order chi connectivity index (χ1) is 16.5. The summed E-state index contributed by atoms with van der Waals surface area (Å²) in [5, 5.41) is 13.5. The number of carbonyl (C=O) groups excluding carboxylic acids is 1. The fourth-order valence-electron chi connectivity index (χ4n) is 3.70. The molecule has 1 amide bonds. The van der Waals surface area contributed by atoms with Crippen molar-refractivity contribution >= 4 is 17.2 Å². The summed E-state index contributed by atoms with van der Waals surface area (Å²) in [6.07, 6.45) is 4.34. The molecule has 1 N–H and O–H groups in total. The molecule has 34 heavy (non-hydrogen) atoms. The number of nitrogens with one attached hydrogen (secondary N) is 1. The van der Waals surface area contributed by atoms with Crippen molar-refractivity contribution in [3.63, 3.8) is 0 Å². The van der Waals surface area contributed by atoms with Crippen LogP contribution < -0.4 is 19.5 Å². The molecule has 0 atom stereocenters. The lowest BCUT2D eigenvalue weighted by Crippen LogP contribution is -2.20. The SMILES string of the molecule is CC(=O)NCCCCc1nc(COc2nccc(-c3ccc4c(c3)OCCO4)c2C#N)sc1C. The number of thiazole rings is 1. The van der Waals surface area contributed by atoms with Gasteiger partial charge in [-0.15, -0.1) is 11.3 Å². The first-order valence-electron chi connectivity index (χ1n) is 11.2. The van der Waals surface area contributed by atoms with Crippen LogP contribution in [0.25, 0.3) is 11.1 Å². The van der Waals surface area contributed by atoms with E-state index in [4.69, 9.17) is 19.2 Å². The average Bonchev–Trinajstić information content (AvgIpc) is 3.20. The molecule has 3 aromatic rings. The van der Waals surface area contributed by atoms with E-state index in [1.807, 2.05) is 25.1 Å². The van der Waals surface area contributed by atoms with Crippen LogP contribution in [-0.2, 0) is 17.8 Å². The monoisotopic (exact) mass is 478 g/mol. The summed E-state index contributed by atoms with van der Waals surface area (Å²) in [4.78, 5) is 21.1. The minimum atomic E-state index is -0.00679. The largest absolute Gasteiger partial charge is 0.486 e. The fourth-order valence-corrected chi connectivity index (χ4v) is 4.60. The number of carbonyl (C=O) groups is 1. The predicted octanol–water partition coefficient (Wildman–Crippen LogP) is 4.19. The Balaban J connectivity index is 1.43. The molecule has 2 aromatic heterocycles. The van der Waals surface area contributed by atoms with Crippen LogP contribution in [0, 0.1) is 18.3 Å². The zero-order valence-electron chi connectivity index (χ0n) is 19.2. The Morgan fingerprint density at radius 1 is 1.24 bits per heavy atom. The Morgan fingerprint density at radius 2 is 2.06 bits per heavy atom. The third kappa shape index (κ3) is 5.64. The lowest BCUT2D eigenvalue weighted by atomic mass is 10.0. The van der Waals surface area contributed by atoms with Crippen molar-refractivity contribution in [1.82, 2.24) is 15.3 Å². The molecule has 1 aliphatic heterocycles. The summed E-state index contributed by atoms with van der Waals surface area (Å²) < 4.78 is 17.2. The number of nitriles is 1. The number of amides is 1. The number of unbranched alkanes of at least 4 members (excludes halogenated alkanes) is 1. The summed E-state index contributed by atoms with van der Waals surface area (Å²) in [7, 11) is 0. The van der Waals surface area contributed by atoms with Crippen molar-refractivity contribution in [2.75, 3.05) is 19.8 Å². The molecule has 0 saturated heterocycles. The van der Waals surface area contributed by atoms with Crippen molar-refractivity contribution in [3.8, 4) is 34.6 Å². The van der Waals surface area contributed by atoms with E-state index < -0.39 is 0 Å². The van der Waals surface area contributed by atoms with E-state index in [1.165, 1.54) is 6.92 Å². The van der Waals surface area contributed by atoms with Gasteiger partial charge in [0.05, 0.1) is 5.69 Å². The van der Waals surface area contributed by atoms with Gasteiger partial charge in [0.25, 0.3) is 0 Å². The van der Waals surface area contributed by atoms with Crippen LogP contribution in [-0.4, -0.2) is 35.6 Å². The Hall–Kier alpha value is -3.64. The average molecular weight is 479 g/mol. The number of fused-ring (bicyclic) bond motifs is 1. The van der Waals surface area contributed by atoms with Crippen molar-refractivity contribution in [2.24, 2.45) is 0 Å². The van der Waals surface area contributed by atoms with Gasteiger partial charge >= 0.3 is 0 Å². The molecule has 0 saturated carbocycles. The molecule has 0 aliphatic carbocycles. The van der Waals surface area contributed by atoms with Gasteiger partial charge in [-0.3, -0.25) is 4.79 Å². The molecular formula is C25H26N4O4S. The first-order valence-corrected chi connectivity index (χ1v) is 12.0. The Kier molecular flexibility index (Phi) is 7.60. The van der Waals surface area contributed by atoms with E-state index in [0.717, 1.165) is 46.0 Å². The van der Waals surface area contributed by atoms with Crippen molar-refractivity contribution < 1.29 is 19.0 Å². The highest BCUT2D eigenvalue weighted by atomic mass is 32.1. The first kappa shape index (κ1) is 23.5. The third-order valence-corrected chi connectivity index (χ3v) is 6.35. The standard InChI is InChI=1S/C25H26N4O4S/c1-16-21(5-3-4-9-27-17(2)30)29-24(34-16)15-33-25-20(14-26)19(8-10-28-25)18-6-7-22-23(13-18)32-12-11-31-22/h6-8,10,13H,3-5,9,11-12,15H2,1-2H3,(H,27,30). The molecule has 3 heterocycles. The molecule has 0 fully saturated rings. The number of aromatic nitrogens is 2. The molecule has 4 rings (SSSR count). The number of ether oxygens (including phenoxy) is 3. The number of hydrogen-bond acceptors (Lipinski definition) is 8. The van der Waals surface area contributed by atoms with Gasteiger partial charge in [-0.25, -0.2) is 9.97 Å². The van der Waals surface area contributed by atoms with E-state index in [9.17, 15) is 10.1 Å². The molecule has 0 unspecified atom stereocenters. The van der Waals surface area contributed by atoms with E-state index in [-0.39, 0.29) is 18.4 Å². The van der Waals surface area contributed by atoms with Crippen LogP contribution in [0.5, 0.6) is 17.4 Å². The van der Waals surface area contributed by atoms with Crippen LogP contribution in [0.4, 0.5) is 0 Å². The Morgan fingerprint density at radius 3 is 2.85 bits per heavy atom. The number of rotatable bonds is 9. The van der Waals surface area contributed by atoms with Gasteiger partial charge < -0.3 is 19.5 Å². The predicted molar refractivity (Wildman–Crippen MR) is 128 cm³/mol. The van der Waals surface area contributed by atoms with Crippen LogP contribution >= 0.6 is 11.3 Å². The maximum Gasteiger partial charge on any atom is 0.232 e. The van der Waals surface area contributed by atoms with E-state index >= 15 is 0 Å². The molecule has 176 valence electrons. The second-order valence-electron chi connectivity index (χ2n) is 7.85. The molecule has 1 aliphatic rings. The van der Waals surface area contributed by atoms with E-state index in [1.54, 1.807) is 23.6 Å². The van der Waals surface area contributed by atoms with Crippen molar-refractivity contribution in [3.05, 3.63) is 51.6 Å². The normalized spacial score (nSPS) is 12.1. The third-order valence-electron chi connectivity index (χ3n) is 5.36. The summed E-state index contributed by atoms with van der Waals surface area (Å²) in [5.41, 5.74) is 2.97. The van der Waals surface area contributed by atoms with Crippen LogP contribution in [0.1, 0.15) is 40.9 Å². The second kappa shape index (κ2) is 11.0. The maximum atomic E-state index is 11.0. The lowest BCUT2D eigenvalue weighted by molar-refractivity contribution is -0.118. The van der Waals surface area contributed by atoms with Gasteiger partial charge in [-0.2, -0.15) is 5.26 Å². The van der Waals surface area contributed by atoms with Crippen molar-refractivity contribution in [2.45, 2.75) is 39.7 Å². The summed E-state index contributed by atoms with van der Waals surface area (Å²) >= 11 is 1.58. The molecule has 0 bridgehead atoms. The molecule has 0 radical (unpaired) electrons. The van der Waals surface area contributed by atoms with E-state index in [2.05, 4.69) is 16.4 Å². The lowest BCUT2D eigenvalue weighted by Gasteiger charge is -2.19. The van der Waals surface area contributed by atoms with Gasteiger partial charge in [0.2, 0.25) is 11.8 Å². The Bertz CT molecular complexity index is 1220. The maximum absolute atomic E-state index is 11.0. The highest BCUT2D eigenvalue weighted by molar-refractivity contribution is 7.11. The number of aryl methyl sites for hydroxylation is 2. The fraction of sp³-hybridized carbons (Fsp3) is 0.360. The minimum Gasteiger partial charge on any atom is -0.486 e. The van der Waals surface area contributed by atoms with Crippen LogP contribution in [0.2, 0.25) is 0 Å². The second-order valence-corrected chi connectivity index (χ2v) is 9.14. The summed E-state index contributed by atoms with van der Waals surface area (Å²) in [6.45, 7) is 5.51. The highest BCUT2D eigenvalue weighted by Gasteiger charge is 2.17. The number of benzene rings is 1. The molecule has 8 nitrogen and oxygen atoms in total. The van der Waals surface area contributed by atoms with Gasteiger partial charge in [-0.1, -0.05) is 6.07 Å². The quantitative estimate of drug-likeness (QED) is 0.460. The van der Waals surface area contributed by atoms with E-state index in [0.29, 0.717) is 36.8 Å². The Labute approximate surface area is 202 Å². The molecular weight excluding hydrogens is 452 g/mol. The van der Waals surface area contributed by atoms with Gasteiger partial charge in [0, 0.05) is 30.1 Å². The summed E-state index contributed by atoms with van der Waals surface area (Å²) in [6, 6.07) is 9.65. The minimum absolute atomic E-state index is 0.00679.